The molecule has 0 atom stereocenters. The molecule has 0 aliphatic heterocycles. The third kappa shape index (κ3) is 2.03. The van der Waals surface area contributed by atoms with Crippen molar-refractivity contribution in [2.24, 2.45) is 0 Å². The number of nitrogens with one attached hydrogen (secondary N) is 1. The molecule has 1 amide bonds. The summed E-state index contributed by atoms with van der Waals surface area (Å²) >= 11 is 0. The maximum absolute atomic E-state index is 11.3. The fourth-order valence-corrected chi connectivity index (χ4v) is 0.859. The number of carbonyl (C=O) groups excluding carboxylic acids is 2. The summed E-state index contributed by atoms with van der Waals surface area (Å²) in [5.74, 6) is -2.17. The van der Waals surface area contributed by atoms with E-state index in [2.05, 4.69) is 10.3 Å². The van der Waals surface area contributed by atoms with Crippen LogP contribution in [0.15, 0.2) is 18.5 Å². The van der Waals surface area contributed by atoms with Crippen molar-refractivity contribution < 1.29 is 14.3 Å². The Morgan fingerprint density at radius 3 is 2.93 bits per heavy atom. The van der Waals surface area contributed by atoms with Crippen molar-refractivity contribution in [3.63, 3.8) is 0 Å². The van der Waals surface area contributed by atoms with Gasteiger partial charge in [-0.3, -0.25) is 9.59 Å². The van der Waals surface area contributed by atoms with Crippen molar-refractivity contribution >= 4 is 11.7 Å². The maximum Gasteiger partial charge on any atom is 0.379 e. The minimum Gasteiger partial charge on any atom is -0.710 e. The Hall–Kier alpha value is -1.98. The molecule has 0 aliphatic carbocycles. The second-order valence-electron chi connectivity index (χ2n) is 2.46. The highest BCUT2D eigenvalue weighted by atomic mass is 16.5. The minimum absolute atomic E-state index is 0.261. The van der Waals surface area contributed by atoms with Crippen LogP contribution in [0.1, 0.15) is 17.5 Å². The van der Waals surface area contributed by atoms with Crippen LogP contribution in [0.2, 0.25) is 0 Å². The molecule has 6 heteroatoms. The van der Waals surface area contributed by atoms with Gasteiger partial charge in [0.05, 0.1) is 6.20 Å². The Bertz CT molecular complexity index is 365. The Balaban J connectivity index is 2.90. The molecule has 0 radical (unpaired) electrons. The Morgan fingerprint density at radius 2 is 2.36 bits per heavy atom. The SMILES string of the molecule is CCNC(=O)C(=O)c1nccc[n+]1[O-]. The fraction of sp³-hybridized carbons (Fsp3) is 0.250. The highest BCUT2D eigenvalue weighted by Gasteiger charge is 2.25. The number of nitrogens with zero attached hydrogens (tertiary/aromatic N) is 2. The van der Waals surface area contributed by atoms with E-state index in [1.165, 1.54) is 12.3 Å². The van der Waals surface area contributed by atoms with Gasteiger partial charge >= 0.3 is 17.5 Å². The predicted molar refractivity (Wildman–Crippen MR) is 46.2 cm³/mol. The summed E-state index contributed by atoms with van der Waals surface area (Å²) in [7, 11) is 0. The molecule has 6 nitrogen and oxygen atoms in total. The van der Waals surface area contributed by atoms with Gasteiger partial charge in [0.25, 0.3) is 0 Å². The van der Waals surface area contributed by atoms with Gasteiger partial charge in [-0.1, -0.05) is 0 Å². The van der Waals surface area contributed by atoms with Crippen LogP contribution in [0.5, 0.6) is 0 Å². The van der Waals surface area contributed by atoms with Crippen LogP contribution in [0, 0.1) is 5.21 Å². The first-order valence-electron chi connectivity index (χ1n) is 4.03. The summed E-state index contributed by atoms with van der Waals surface area (Å²) in [6, 6.07) is 1.38. The molecular weight excluding hydrogens is 186 g/mol. The molecule has 0 spiro atoms. The van der Waals surface area contributed by atoms with Crippen molar-refractivity contribution in [2.75, 3.05) is 6.54 Å². The topological polar surface area (TPSA) is 86.0 Å². The second kappa shape index (κ2) is 4.31. The monoisotopic (exact) mass is 195 g/mol. The third-order valence-electron chi connectivity index (χ3n) is 1.46. The van der Waals surface area contributed by atoms with Crippen LogP contribution in [-0.4, -0.2) is 23.2 Å². The normalized spacial score (nSPS) is 9.50. The molecule has 0 aliphatic rings. The van der Waals surface area contributed by atoms with Crippen LogP contribution < -0.4 is 10.0 Å². The van der Waals surface area contributed by atoms with E-state index >= 15 is 0 Å². The van der Waals surface area contributed by atoms with E-state index in [-0.39, 0.29) is 4.73 Å². The van der Waals surface area contributed by atoms with Crippen LogP contribution in [-0.2, 0) is 4.79 Å². The van der Waals surface area contributed by atoms with Crippen LogP contribution >= 0.6 is 0 Å². The second-order valence-corrected chi connectivity index (χ2v) is 2.46. The molecule has 0 bridgehead atoms. The summed E-state index contributed by atoms with van der Waals surface area (Å²) in [6.45, 7) is 2.01. The number of hydrogen-bond donors (Lipinski definition) is 1. The molecule has 14 heavy (non-hydrogen) atoms. The number of ketones is 1. The lowest BCUT2D eigenvalue weighted by Crippen LogP contribution is -2.41. The zero-order valence-corrected chi connectivity index (χ0v) is 7.56. The predicted octanol–water partition coefficient (Wildman–Crippen LogP) is -0.966. The average molecular weight is 195 g/mol. The number of amides is 1. The number of hydrogen-bond acceptors (Lipinski definition) is 4. The van der Waals surface area contributed by atoms with Gasteiger partial charge in [-0.2, -0.15) is 0 Å². The average Bonchev–Trinajstić information content (AvgIpc) is 2.18. The summed E-state index contributed by atoms with van der Waals surface area (Å²) in [5, 5.41) is 13.3. The van der Waals surface area contributed by atoms with E-state index in [4.69, 9.17) is 0 Å². The minimum atomic E-state index is -0.928. The Kier molecular flexibility index (Phi) is 3.11. The van der Waals surface area contributed by atoms with Gasteiger partial charge < -0.3 is 10.5 Å². The number of rotatable bonds is 3. The van der Waals surface area contributed by atoms with E-state index in [1.807, 2.05) is 0 Å². The standard InChI is InChI=1S/C8H9N3O3/c1-2-9-8(13)6(12)7-10-4-3-5-11(7)14/h3-5H,2H2,1H3,(H,9,13). The first-order chi connectivity index (χ1) is 6.66. The van der Waals surface area contributed by atoms with Crippen molar-refractivity contribution in [3.05, 3.63) is 29.5 Å². The van der Waals surface area contributed by atoms with E-state index < -0.39 is 17.5 Å². The van der Waals surface area contributed by atoms with Gasteiger partial charge in [0.1, 0.15) is 6.20 Å². The van der Waals surface area contributed by atoms with E-state index in [0.717, 1.165) is 6.20 Å². The van der Waals surface area contributed by atoms with Crippen molar-refractivity contribution in [1.29, 1.82) is 0 Å². The van der Waals surface area contributed by atoms with Crippen molar-refractivity contribution in [1.82, 2.24) is 10.3 Å². The smallest absolute Gasteiger partial charge is 0.379 e. The molecule has 1 N–H and O–H groups in total. The van der Waals surface area contributed by atoms with Crippen molar-refractivity contribution in [2.45, 2.75) is 6.92 Å². The highest BCUT2D eigenvalue weighted by Crippen LogP contribution is 1.87. The number of aromatic nitrogens is 2. The summed E-state index contributed by atoms with van der Waals surface area (Å²) in [6.07, 6.45) is 2.39. The van der Waals surface area contributed by atoms with E-state index in [1.54, 1.807) is 6.92 Å². The zero-order chi connectivity index (χ0) is 10.6. The molecule has 0 saturated heterocycles. The Morgan fingerprint density at radius 1 is 1.64 bits per heavy atom. The lowest BCUT2D eigenvalue weighted by atomic mass is 10.3. The Labute approximate surface area is 80.2 Å². The molecule has 0 unspecified atom stereocenters. The number of Topliss-reactive ketones (excluding diaryl/α,β-unsaturated/α-hetero) is 1. The molecular formula is C8H9N3O3. The molecule has 1 aromatic heterocycles. The quantitative estimate of drug-likeness (QED) is 0.291. The highest BCUT2D eigenvalue weighted by molar-refractivity contribution is 6.41. The van der Waals surface area contributed by atoms with Crippen molar-refractivity contribution in [3.8, 4) is 0 Å². The van der Waals surface area contributed by atoms with Crippen LogP contribution in [0.3, 0.4) is 0 Å². The third-order valence-corrected chi connectivity index (χ3v) is 1.46. The summed E-state index contributed by atoms with van der Waals surface area (Å²) in [5.41, 5.74) is 0. The zero-order valence-electron chi connectivity index (χ0n) is 7.56. The molecule has 0 aromatic carbocycles. The molecule has 0 saturated carbocycles. The molecule has 74 valence electrons. The summed E-state index contributed by atoms with van der Waals surface area (Å²) < 4.78 is 0.261. The van der Waals surface area contributed by atoms with Gasteiger partial charge in [0.15, 0.2) is 0 Å². The van der Waals surface area contributed by atoms with Gasteiger partial charge in [0, 0.05) is 12.6 Å². The van der Waals surface area contributed by atoms with Crippen LogP contribution in [0.25, 0.3) is 0 Å². The van der Waals surface area contributed by atoms with Crippen LogP contribution in [0.4, 0.5) is 0 Å². The lowest BCUT2D eigenvalue weighted by molar-refractivity contribution is -0.610. The molecule has 1 rings (SSSR count). The number of carbonyl (C=O) groups is 2. The van der Waals surface area contributed by atoms with Gasteiger partial charge in [-0.05, 0) is 11.9 Å². The fourth-order valence-electron chi connectivity index (χ4n) is 0.859. The van der Waals surface area contributed by atoms with Gasteiger partial charge in [-0.15, -0.1) is 0 Å². The first-order valence-corrected chi connectivity index (χ1v) is 4.03. The molecule has 1 aromatic rings. The maximum atomic E-state index is 11.3. The van der Waals surface area contributed by atoms with E-state index in [0.29, 0.717) is 6.54 Å². The largest absolute Gasteiger partial charge is 0.710 e. The van der Waals surface area contributed by atoms with Gasteiger partial charge in [-0.25, -0.2) is 4.73 Å². The van der Waals surface area contributed by atoms with Gasteiger partial charge in [0.2, 0.25) is 0 Å². The molecule has 0 fully saturated rings. The lowest BCUT2D eigenvalue weighted by Gasteiger charge is -2.03. The molecule has 1 heterocycles. The van der Waals surface area contributed by atoms with E-state index in [9.17, 15) is 14.8 Å². The summed E-state index contributed by atoms with van der Waals surface area (Å²) in [4.78, 5) is 25.8. The first kappa shape index (κ1) is 10.1. The number of likely N-dealkylation sites (N-methyl/N-ethyl adjacent to an activating group) is 1.